The van der Waals surface area contributed by atoms with Gasteiger partial charge in [0.2, 0.25) is 10.0 Å². The molecule has 0 atom stereocenters. The van der Waals surface area contributed by atoms with Gasteiger partial charge in [-0.1, -0.05) is 18.2 Å². The molecule has 3 rings (SSSR count). The molecule has 1 saturated heterocycles. The Bertz CT molecular complexity index is 1040. The van der Waals surface area contributed by atoms with Gasteiger partial charge in [-0.25, -0.2) is 8.42 Å². The maximum atomic E-state index is 12.9. The summed E-state index contributed by atoms with van der Waals surface area (Å²) in [6.45, 7) is -0.0999. The van der Waals surface area contributed by atoms with Gasteiger partial charge >= 0.3 is 6.18 Å². The normalized spacial score (nSPS) is 15.5. The molecular weight excluding hydrogens is 437 g/mol. The van der Waals surface area contributed by atoms with E-state index in [1.807, 2.05) is 0 Å². The van der Waals surface area contributed by atoms with E-state index < -0.39 is 26.7 Å². The minimum atomic E-state index is -4.64. The maximum Gasteiger partial charge on any atom is 0.416 e. The van der Waals surface area contributed by atoms with E-state index in [0.717, 1.165) is 22.5 Å². The van der Waals surface area contributed by atoms with Gasteiger partial charge in [0.1, 0.15) is 0 Å². The largest absolute Gasteiger partial charge is 0.493 e. The molecule has 31 heavy (non-hydrogen) atoms. The highest BCUT2D eigenvalue weighted by molar-refractivity contribution is 7.89. The summed E-state index contributed by atoms with van der Waals surface area (Å²) in [7, 11) is -2.63. The van der Waals surface area contributed by atoms with E-state index in [2.05, 4.69) is 0 Å². The molecule has 0 aromatic heterocycles. The predicted octanol–water partition coefficient (Wildman–Crippen LogP) is 2.63. The zero-order valence-electron chi connectivity index (χ0n) is 16.6. The van der Waals surface area contributed by atoms with Crippen molar-refractivity contribution in [2.75, 3.05) is 39.9 Å². The number of amides is 1. The fourth-order valence-electron chi connectivity index (χ4n) is 3.13. The Hall–Kier alpha value is -2.79. The van der Waals surface area contributed by atoms with E-state index >= 15 is 0 Å². The molecule has 0 saturated carbocycles. The molecule has 1 heterocycles. The van der Waals surface area contributed by atoms with Crippen LogP contribution in [0.3, 0.4) is 0 Å². The van der Waals surface area contributed by atoms with Gasteiger partial charge in [0.15, 0.2) is 18.1 Å². The second-order valence-electron chi connectivity index (χ2n) is 6.75. The van der Waals surface area contributed by atoms with E-state index in [0.29, 0.717) is 17.6 Å². The van der Waals surface area contributed by atoms with Crippen LogP contribution in [0.2, 0.25) is 0 Å². The van der Waals surface area contributed by atoms with Crippen molar-refractivity contribution in [2.45, 2.75) is 11.1 Å². The number of para-hydroxylation sites is 2. The standard InChI is InChI=1S/C20H21F3N2O5S/c1-29-17-7-2-3-8-18(17)30-14-19(26)24-9-11-25(12-10-24)31(27,28)16-6-4-5-15(13-16)20(21,22)23/h2-8,13H,9-12,14H2,1H3. The summed E-state index contributed by atoms with van der Waals surface area (Å²) in [5.41, 5.74) is -1.03. The number of rotatable bonds is 6. The molecule has 0 N–H and O–H groups in total. The third kappa shape index (κ3) is 5.28. The summed E-state index contributed by atoms with van der Waals surface area (Å²) < 4.78 is 75.9. The number of carbonyl (C=O) groups excluding carboxylic acids is 1. The third-order valence-corrected chi connectivity index (χ3v) is 6.71. The van der Waals surface area contributed by atoms with E-state index in [4.69, 9.17) is 9.47 Å². The molecule has 1 aliphatic rings. The summed E-state index contributed by atoms with van der Waals surface area (Å²) in [4.78, 5) is 13.4. The molecule has 1 amide bonds. The molecule has 0 spiro atoms. The Kier molecular flexibility index (Phi) is 6.75. The first-order valence-corrected chi connectivity index (χ1v) is 10.8. The van der Waals surface area contributed by atoms with Gasteiger partial charge in [0.05, 0.1) is 17.6 Å². The van der Waals surface area contributed by atoms with E-state index in [1.165, 1.54) is 12.0 Å². The molecule has 7 nitrogen and oxygen atoms in total. The Balaban J connectivity index is 1.60. The van der Waals surface area contributed by atoms with Gasteiger partial charge in [-0.05, 0) is 30.3 Å². The zero-order chi connectivity index (χ0) is 22.6. The Morgan fingerprint density at radius 2 is 1.65 bits per heavy atom. The predicted molar refractivity (Wildman–Crippen MR) is 105 cm³/mol. The lowest BCUT2D eigenvalue weighted by atomic mass is 10.2. The second kappa shape index (κ2) is 9.15. The van der Waals surface area contributed by atoms with E-state index in [9.17, 15) is 26.4 Å². The molecule has 2 aromatic carbocycles. The highest BCUT2D eigenvalue weighted by atomic mass is 32.2. The molecule has 2 aromatic rings. The average Bonchev–Trinajstić information content (AvgIpc) is 2.77. The molecular formula is C20H21F3N2O5S. The van der Waals surface area contributed by atoms with Gasteiger partial charge in [-0.3, -0.25) is 4.79 Å². The van der Waals surface area contributed by atoms with Gasteiger partial charge in [-0.15, -0.1) is 0 Å². The fraction of sp³-hybridized carbons (Fsp3) is 0.350. The summed E-state index contributed by atoms with van der Waals surface area (Å²) >= 11 is 0. The minimum Gasteiger partial charge on any atom is -0.493 e. The van der Waals surface area contributed by atoms with Gasteiger partial charge in [-0.2, -0.15) is 17.5 Å². The third-order valence-electron chi connectivity index (χ3n) is 4.81. The Morgan fingerprint density at radius 3 is 2.26 bits per heavy atom. The van der Waals surface area contributed by atoms with Crippen molar-refractivity contribution in [1.82, 2.24) is 9.21 Å². The van der Waals surface area contributed by atoms with Gasteiger partial charge in [0, 0.05) is 26.2 Å². The van der Waals surface area contributed by atoms with Crippen molar-refractivity contribution in [3.05, 3.63) is 54.1 Å². The van der Waals surface area contributed by atoms with Crippen LogP contribution >= 0.6 is 0 Å². The highest BCUT2D eigenvalue weighted by Gasteiger charge is 2.34. The number of alkyl halides is 3. The number of hydrogen-bond donors (Lipinski definition) is 0. The molecule has 11 heteroatoms. The van der Waals surface area contributed by atoms with Crippen LogP contribution in [0.25, 0.3) is 0 Å². The summed E-state index contributed by atoms with van der Waals surface area (Å²) in [6.07, 6.45) is -4.64. The van der Waals surface area contributed by atoms with Crippen LogP contribution in [0.5, 0.6) is 11.5 Å². The van der Waals surface area contributed by atoms with Crippen LogP contribution in [-0.4, -0.2) is 63.4 Å². The fourth-order valence-corrected chi connectivity index (χ4v) is 4.60. The van der Waals surface area contributed by atoms with Crippen LogP contribution < -0.4 is 9.47 Å². The smallest absolute Gasteiger partial charge is 0.416 e. The van der Waals surface area contributed by atoms with Crippen LogP contribution in [0.1, 0.15) is 5.56 Å². The lowest BCUT2D eigenvalue weighted by Gasteiger charge is -2.34. The molecule has 0 radical (unpaired) electrons. The molecule has 1 fully saturated rings. The quantitative estimate of drug-likeness (QED) is 0.665. The molecule has 168 valence electrons. The first-order chi connectivity index (χ1) is 14.6. The van der Waals surface area contributed by atoms with E-state index in [-0.39, 0.29) is 38.7 Å². The summed E-state index contributed by atoms with van der Waals surface area (Å²) in [5.74, 6) is 0.554. The number of hydrogen-bond acceptors (Lipinski definition) is 5. The van der Waals surface area contributed by atoms with Crippen molar-refractivity contribution in [3.8, 4) is 11.5 Å². The number of benzene rings is 2. The lowest BCUT2D eigenvalue weighted by Crippen LogP contribution is -2.51. The first kappa shape index (κ1) is 22.9. The topological polar surface area (TPSA) is 76.2 Å². The summed E-state index contributed by atoms with van der Waals surface area (Å²) in [5, 5.41) is 0. The van der Waals surface area contributed by atoms with Gasteiger partial charge in [0.25, 0.3) is 5.91 Å². The molecule has 1 aliphatic heterocycles. The maximum absolute atomic E-state index is 12.9. The number of methoxy groups -OCH3 is 1. The van der Waals surface area contributed by atoms with Crippen molar-refractivity contribution >= 4 is 15.9 Å². The first-order valence-electron chi connectivity index (χ1n) is 9.34. The van der Waals surface area contributed by atoms with Crippen molar-refractivity contribution < 1.29 is 35.9 Å². The van der Waals surface area contributed by atoms with Crippen molar-refractivity contribution in [1.29, 1.82) is 0 Å². The van der Waals surface area contributed by atoms with Crippen LogP contribution in [0, 0.1) is 0 Å². The Labute approximate surface area is 178 Å². The zero-order valence-corrected chi connectivity index (χ0v) is 17.4. The number of carbonyl (C=O) groups is 1. The molecule has 0 unspecified atom stereocenters. The highest BCUT2D eigenvalue weighted by Crippen LogP contribution is 2.31. The van der Waals surface area contributed by atoms with E-state index in [1.54, 1.807) is 24.3 Å². The van der Waals surface area contributed by atoms with Crippen molar-refractivity contribution in [3.63, 3.8) is 0 Å². The van der Waals surface area contributed by atoms with Crippen LogP contribution in [-0.2, 0) is 21.0 Å². The SMILES string of the molecule is COc1ccccc1OCC(=O)N1CCN(S(=O)(=O)c2cccc(C(F)(F)F)c2)CC1. The lowest BCUT2D eigenvalue weighted by molar-refractivity contribution is -0.138. The van der Waals surface area contributed by atoms with Gasteiger partial charge < -0.3 is 14.4 Å². The number of sulfonamides is 1. The number of ether oxygens (including phenoxy) is 2. The van der Waals surface area contributed by atoms with Crippen LogP contribution in [0.4, 0.5) is 13.2 Å². The van der Waals surface area contributed by atoms with Crippen molar-refractivity contribution in [2.24, 2.45) is 0 Å². The number of piperazine rings is 1. The van der Waals surface area contributed by atoms with Crippen LogP contribution in [0.15, 0.2) is 53.4 Å². The number of nitrogens with zero attached hydrogens (tertiary/aromatic N) is 2. The second-order valence-corrected chi connectivity index (χ2v) is 8.69. The average molecular weight is 458 g/mol. The molecule has 0 aliphatic carbocycles. The Morgan fingerprint density at radius 1 is 1.00 bits per heavy atom. The molecule has 0 bridgehead atoms. The summed E-state index contributed by atoms with van der Waals surface area (Å²) in [6, 6.07) is 10.5. The minimum absolute atomic E-state index is 0.0288. The monoisotopic (exact) mass is 458 g/mol. The number of halogens is 3.